The van der Waals surface area contributed by atoms with E-state index in [4.69, 9.17) is 0 Å². The molecule has 0 spiro atoms. The third-order valence-electron chi connectivity index (χ3n) is 1.81. The lowest BCUT2D eigenvalue weighted by molar-refractivity contribution is 0.0957. The van der Waals surface area contributed by atoms with Crippen LogP contribution in [0.5, 0.6) is 0 Å². The Morgan fingerprint density at radius 2 is 2.36 bits per heavy atom. The monoisotopic (exact) mass is 212 g/mol. The lowest BCUT2D eigenvalue weighted by atomic mass is 10.4. The number of nitrogens with one attached hydrogen (secondary N) is 2. The number of carbonyl (C=O) groups is 1. The van der Waals surface area contributed by atoms with Crippen LogP contribution in [-0.2, 0) is 0 Å². The van der Waals surface area contributed by atoms with E-state index in [1.807, 2.05) is 17.5 Å². The average molecular weight is 212 g/mol. The predicted molar refractivity (Wildman–Crippen MR) is 59.8 cm³/mol. The molecule has 2 N–H and O–H groups in total. The van der Waals surface area contributed by atoms with Crippen molar-refractivity contribution in [1.82, 2.24) is 10.6 Å². The molecule has 0 aliphatic heterocycles. The van der Waals surface area contributed by atoms with Crippen molar-refractivity contribution in [3.63, 3.8) is 0 Å². The van der Waals surface area contributed by atoms with Crippen LogP contribution in [0.1, 0.15) is 23.0 Å². The van der Waals surface area contributed by atoms with Crippen LogP contribution in [-0.4, -0.2) is 25.5 Å². The number of thiophene rings is 1. The summed E-state index contributed by atoms with van der Waals surface area (Å²) in [7, 11) is 0. The van der Waals surface area contributed by atoms with Gasteiger partial charge in [-0.25, -0.2) is 0 Å². The number of amides is 1. The zero-order valence-corrected chi connectivity index (χ0v) is 9.19. The Hall–Kier alpha value is -0.870. The molecule has 0 bridgehead atoms. The zero-order valence-electron chi connectivity index (χ0n) is 8.38. The van der Waals surface area contributed by atoms with Crippen LogP contribution < -0.4 is 10.6 Å². The van der Waals surface area contributed by atoms with Gasteiger partial charge in [0.2, 0.25) is 0 Å². The van der Waals surface area contributed by atoms with E-state index < -0.39 is 0 Å². The minimum absolute atomic E-state index is 0.0384. The van der Waals surface area contributed by atoms with E-state index >= 15 is 0 Å². The number of hydrogen-bond acceptors (Lipinski definition) is 3. The summed E-state index contributed by atoms with van der Waals surface area (Å²) >= 11 is 1.47. The van der Waals surface area contributed by atoms with Crippen molar-refractivity contribution in [3.05, 3.63) is 22.4 Å². The smallest absolute Gasteiger partial charge is 0.261 e. The van der Waals surface area contributed by atoms with Gasteiger partial charge >= 0.3 is 0 Å². The summed E-state index contributed by atoms with van der Waals surface area (Å²) in [5.74, 6) is 0.0384. The van der Waals surface area contributed by atoms with Crippen molar-refractivity contribution in [3.8, 4) is 0 Å². The standard InChI is InChI=1S/C10H16N2OS/c1-2-11-6-4-7-12-10(13)9-5-3-8-14-9/h3,5,8,11H,2,4,6-7H2,1H3,(H,12,13). The number of rotatable bonds is 6. The molecular formula is C10H16N2OS. The van der Waals surface area contributed by atoms with E-state index in [9.17, 15) is 4.79 Å². The normalized spacial score (nSPS) is 10.1. The van der Waals surface area contributed by atoms with Gasteiger partial charge in [-0.15, -0.1) is 11.3 Å². The highest BCUT2D eigenvalue weighted by Gasteiger charge is 2.03. The van der Waals surface area contributed by atoms with Crippen molar-refractivity contribution in [2.45, 2.75) is 13.3 Å². The molecule has 0 saturated carbocycles. The molecule has 1 aromatic rings. The lowest BCUT2D eigenvalue weighted by Gasteiger charge is -2.03. The van der Waals surface area contributed by atoms with Crippen molar-refractivity contribution < 1.29 is 4.79 Å². The van der Waals surface area contributed by atoms with Crippen LogP contribution >= 0.6 is 11.3 Å². The molecule has 0 aliphatic carbocycles. The molecule has 0 saturated heterocycles. The van der Waals surface area contributed by atoms with Crippen LogP contribution in [0.4, 0.5) is 0 Å². The van der Waals surface area contributed by atoms with Crippen LogP contribution in [0.15, 0.2) is 17.5 Å². The Balaban J connectivity index is 2.10. The second-order valence-corrected chi connectivity index (χ2v) is 3.89. The minimum Gasteiger partial charge on any atom is -0.351 e. The Bertz CT molecular complexity index is 259. The van der Waals surface area contributed by atoms with Gasteiger partial charge in [0.05, 0.1) is 4.88 Å². The highest BCUT2D eigenvalue weighted by atomic mass is 32.1. The second-order valence-electron chi connectivity index (χ2n) is 2.94. The molecule has 3 nitrogen and oxygen atoms in total. The van der Waals surface area contributed by atoms with E-state index in [-0.39, 0.29) is 5.91 Å². The topological polar surface area (TPSA) is 41.1 Å². The van der Waals surface area contributed by atoms with Gasteiger partial charge in [-0.3, -0.25) is 4.79 Å². The first-order valence-electron chi connectivity index (χ1n) is 4.87. The number of carbonyl (C=O) groups excluding carboxylic acids is 1. The maximum Gasteiger partial charge on any atom is 0.261 e. The molecule has 1 heterocycles. The highest BCUT2D eigenvalue weighted by Crippen LogP contribution is 2.07. The quantitative estimate of drug-likeness (QED) is 0.701. The third-order valence-corrected chi connectivity index (χ3v) is 2.68. The van der Waals surface area contributed by atoms with E-state index in [0.29, 0.717) is 0 Å². The third kappa shape index (κ3) is 3.89. The first-order valence-corrected chi connectivity index (χ1v) is 5.75. The fourth-order valence-corrected chi connectivity index (χ4v) is 1.73. The van der Waals surface area contributed by atoms with Crippen LogP contribution in [0.2, 0.25) is 0 Å². The fourth-order valence-electron chi connectivity index (χ4n) is 1.09. The molecule has 4 heteroatoms. The maximum absolute atomic E-state index is 11.4. The summed E-state index contributed by atoms with van der Waals surface area (Å²) in [5.41, 5.74) is 0. The van der Waals surface area contributed by atoms with Gasteiger partial charge in [0.1, 0.15) is 0 Å². The summed E-state index contributed by atoms with van der Waals surface area (Å²) in [4.78, 5) is 12.2. The largest absolute Gasteiger partial charge is 0.351 e. The molecule has 0 atom stereocenters. The van der Waals surface area contributed by atoms with E-state index in [1.165, 1.54) is 11.3 Å². The van der Waals surface area contributed by atoms with Crippen LogP contribution in [0.25, 0.3) is 0 Å². The first-order chi connectivity index (χ1) is 6.84. The molecule has 0 unspecified atom stereocenters. The van der Waals surface area contributed by atoms with Gasteiger partial charge in [-0.05, 0) is 31.0 Å². The molecule has 1 rings (SSSR count). The molecular weight excluding hydrogens is 196 g/mol. The lowest BCUT2D eigenvalue weighted by Crippen LogP contribution is -2.26. The Morgan fingerprint density at radius 1 is 1.50 bits per heavy atom. The van der Waals surface area contributed by atoms with Crippen LogP contribution in [0.3, 0.4) is 0 Å². The molecule has 78 valence electrons. The predicted octanol–water partition coefficient (Wildman–Crippen LogP) is 1.48. The molecule has 14 heavy (non-hydrogen) atoms. The van der Waals surface area contributed by atoms with Crippen molar-refractivity contribution in [1.29, 1.82) is 0 Å². The van der Waals surface area contributed by atoms with Gasteiger partial charge < -0.3 is 10.6 Å². The van der Waals surface area contributed by atoms with Gasteiger partial charge in [-0.1, -0.05) is 13.0 Å². The van der Waals surface area contributed by atoms with E-state index in [0.717, 1.165) is 30.9 Å². The highest BCUT2D eigenvalue weighted by molar-refractivity contribution is 7.12. The summed E-state index contributed by atoms with van der Waals surface area (Å²) in [6.07, 6.45) is 0.977. The summed E-state index contributed by atoms with van der Waals surface area (Å²) in [6, 6.07) is 3.72. The van der Waals surface area contributed by atoms with Gasteiger partial charge in [-0.2, -0.15) is 0 Å². The van der Waals surface area contributed by atoms with Crippen molar-refractivity contribution >= 4 is 17.2 Å². The minimum atomic E-state index is 0.0384. The summed E-state index contributed by atoms with van der Waals surface area (Å²) < 4.78 is 0. The molecule has 0 radical (unpaired) electrons. The Labute approximate surface area is 88.5 Å². The zero-order chi connectivity index (χ0) is 10.2. The SMILES string of the molecule is CCNCCCNC(=O)c1cccs1. The molecule has 0 aromatic carbocycles. The van der Waals surface area contributed by atoms with Crippen molar-refractivity contribution in [2.75, 3.05) is 19.6 Å². The molecule has 0 fully saturated rings. The van der Waals surface area contributed by atoms with Crippen LogP contribution in [0, 0.1) is 0 Å². The molecule has 1 amide bonds. The first kappa shape index (κ1) is 11.2. The Kier molecular flexibility index (Phi) is 5.25. The average Bonchev–Trinajstić information content (AvgIpc) is 2.70. The maximum atomic E-state index is 11.4. The molecule has 1 aromatic heterocycles. The van der Waals surface area contributed by atoms with E-state index in [2.05, 4.69) is 17.6 Å². The van der Waals surface area contributed by atoms with Crippen molar-refractivity contribution in [2.24, 2.45) is 0 Å². The molecule has 0 aliphatic rings. The van der Waals surface area contributed by atoms with Gasteiger partial charge in [0, 0.05) is 6.54 Å². The van der Waals surface area contributed by atoms with Gasteiger partial charge in [0.15, 0.2) is 0 Å². The summed E-state index contributed by atoms with van der Waals surface area (Å²) in [5, 5.41) is 7.99. The number of hydrogen-bond donors (Lipinski definition) is 2. The van der Waals surface area contributed by atoms with Gasteiger partial charge in [0.25, 0.3) is 5.91 Å². The van der Waals surface area contributed by atoms with E-state index in [1.54, 1.807) is 0 Å². The second kappa shape index (κ2) is 6.56. The Morgan fingerprint density at radius 3 is 3.00 bits per heavy atom. The fraction of sp³-hybridized carbons (Fsp3) is 0.500. The summed E-state index contributed by atoms with van der Waals surface area (Å²) in [6.45, 7) is 4.76.